The fourth-order valence-corrected chi connectivity index (χ4v) is 4.16. The molecule has 7 heteroatoms. The van der Waals surface area contributed by atoms with E-state index in [-0.39, 0.29) is 17.5 Å². The van der Waals surface area contributed by atoms with Crippen LogP contribution in [0.3, 0.4) is 0 Å². The minimum Gasteiger partial charge on any atom is -0.350 e. The summed E-state index contributed by atoms with van der Waals surface area (Å²) >= 11 is 0. The maximum atomic E-state index is 13.1. The topological polar surface area (TPSA) is 81.8 Å². The number of aromatic nitrogens is 4. The zero-order valence-corrected chi connectivity index (χ0v) is 16.6. The zero-order valence-electron chi connectivity index (χ0n) is 16.6. The number of hydrogen-bond acceptors (Lipinski definition) is 4. The Bertz CT molecular complexity index is 1310. The molecule has 30 heavy (non-hydrogen) atoms. The van der Waals surface area contributed by atoms with Crippen molar-refractivity contribution in [3.8, 4) is 11.3 Å². The van der Waals surface area contributed by atoms with Crippen molar-refractivity contribution in [3.63, 3.8) is 0 Å². The summed E-state index contributed by atoms with van der Waals surface area (Å²) in [5.74, 6) is 0.447. The van der Waals surface area contributed by atoms with Crippen molar-refractivity contribution >= 4 is 16.8 Å². The number of nitrogens with zero attached hydrogens (tertiary/aromatic N) is 4. The third kappa shape index (κ3) is 3.08. The smallest absolute Gasteiger partial charge is 0.254 e. The molecule has 0 saturated carbocycles. The molecule has 1 atom stereocenters. The van der Waals surface area contributed by atoms with Gasteiger partial charge in [-0.25, -0.2) is 4.98 Å². The molecule has 5 rings (SSSR count). The Morgan fingerprint density at radius 3 is 2.80 bits per heavy atom. The summed E-state index contributed by atoms with van der Waals surface area (Å²) < 4.78 is 3.62. The normalized spacial score (nSPS) is 15.7. The number of para-hydroxylation sites is 1. The van der Waals surface area contributed by atoms with E-state index in [0.717, 1.165) is 29.3 Å². The maximum absolute atomic E-state index is 13.1. The molecule has 0 radical (unpaired) electrons. The number of pyridine rings is 1. The number of benzene rings is 1. The molecule has 7 nitrogen and oxygen atoms in total. The number of fused-ring (bicyclic) bond motifs is 2. The standard InChI is InChI=1S/C23H21N5O2/c1-27-14-17(16-5-2-3-7-20(16)27)23(30)26-18-6-4-12-28-21(29)13-19(25-22(18)28)15-8-10-24-11-9-15/h2-3,5,7-11,13-14,18H,4,6,12H2,1H3,(H,26,30). The molecular weight excluding hydrogens is 378 g/mol. The predicted octanol–water partition coefficient (Wildman–Crippen LogP) is 3.06. The average molecular weight is 399 g/mol. The highest BCUT2D eigenvalue weighted by atomic mass is 16.2. The molecule has 0 fully saturated rings. The van der Waals surface area contributed by atoms with Crippen LogP contribution in [0.4, 0.5) is 0 Å². The molecule has 4 aromatic rings. The SMILES string of the molecule is Cn1cc(C(=O)NC2CCCn3c2nc(-c2ccncc2)cc3=O)c2ccccc21. The highest BCUT2D eigenvalue weighted by Gasteiger charge is 2.26. The van der Waals surface area contributed by atoms with Crippen molar-refractivity contribution in [2.24, 2.45) is 7.05 Å². The summed E-state index contributed by atoms with van der Waals surface area (Å²) in [5.41, 5.74) is 2.95. The van der Waals surface area contributed by atoms with Crippen LogP contribution in [0.25, 0.3) is 22.2 Å². The van der Waals surface area contributed by atoms with E-state index in [1.165, 1.54) is 0 Å². The molecule has 1 aliphatic heterocycles. The monoisotopic (exact) mass is 399 g/mol. The Morgan fingerprint density at radius 2 is 1.97 bits per heavy atom. The van der Waals surface area contributed by atoms with Crippen LogP contribution >= 0.6 is 0 Å². The van der Waals surface area contributed by atoms with Crippen molar-refractivity contribution < 1.29 is 4.79 Å². The highest BCUT2D eigenvalue weighted by molar-refractivity contribution is 6.07. The second-order valence-corrected chi connectivity index (χ2v) is 7.56. The Labute approximate surface area is 173 Å². The molecule has 1 unspecified atom stereocenters. The number of nitrogens with one attached hydrogen (secondary N) is 1. The Morgan fingerprint density at radius 1 is 1.17 bits per heavy atom. The lowest BCUT2D eigenvalue weighted by atomic mass is 10.0. The minimum atomic E-state index is -0.320. The summed E-state index contributed by atoms with van der Waals surface area (Å²) in [6, 6.07) is 12.7. The van der Waals surface area contributed by atoms with Crippen molar-refractivity contribution in [2.45, 2.75) is 25.4 Å². The molecule has 3 aromatic heterocycles. The van der Waals surface area contributed by atoms with E-state index in [1.807, 2.05) is 54.2 Å². The van der Waals surface area contributed by atoms with Crippen LogP contribution in [-0.2, 0) is 13.6 Å². The van der Waals surface area contributed by atoms with Crippen LogP contribution in [-0.4, -0.2) is 25.0 Å². The summed E-state index contributed by atoms with van der Waals surface area (Å²) in [4.78, 5) is 34.7. The minimum absolute atomic E-state index is 0.101. The third-order valence-electron chi connectivity index (χ3n) is 5.65. The van der Waals surface area contributed by atoms with Crippen LogP contribution in [0.5, 0.6) is 0 Å². The summed E-state index contributed by atoms with van der Waals surface area (Å²) in [7, 11) is 1.93. The average Bonchev–Trinajstić information content (AvgIpc) is 3.12. The first-order chi connectivity index (χ1) is 14.6. The molecule has 0 bridgehead atoms. The largest absolute Gasteiger partial charge is 0.350 e. The van der Waals surface area contributed by atoms with E-state index in [0.29, 0.717) is 23.6 Å². The Kier molecular flexibility index (Phi) is 4.43. The second kappa shape index (κ2) is 7.26. The molecule has 0 saturated heterocycles. The van der Waals surface area contributed by atoms with Gasteiger partial charge in [0.2, 0.25) is 0 Å². The Balaban J connectivity index is 1.52. The quantitative estimate of drug-likeness (QED) is 0.574. The molecule has 0 spiro atoms. The lowest BCUT2D eigenvalue weighted by Crippen LogP contribution is -2.38. The maximum Gasteiger partial charge on any atom is 0.254 e. The summed E-state index contributed by atoms with van der Waals surface area (Å²) in [6.07, 6.45) is 6.74. The van der Waals surface area contributed by atoms with Gasteiger partial charge in [0.05, 0.1) is 17.3 Å². The van der Waals surface area contributed by atoms with E-state index < -0.39 is 0 Å². The summed E-state index contributed by atoms with van der Waals surface area (Å²) in [6.45, 7) is 0.610. The van der Waals surface area contributed by atoms with Crippen molar-refractivity contribution in [1.29, 1.82) is 0 Å². The van der Waals surface area contributed by atoms with Gasteiger partial charge in [-0.2, -0.15) is 0 Å². The van der Waals surface area contributed by atoms with E-state index in [1.54, 1.807) is 23.0 Å². The van der Waals surface area contributed by atoms with Gasteiger partial charge in [-0.15, -0.1) is 0 Å². The first-order valence-corrected chi connectivity index (χ1v) is 9.99. The van der Waals surface area contributed by atoms with Gasteiger partial charge in [-0.05, 0) is 31.0 Å². The fraction of sp³-hybridized carbons (Fsp3) is 0.217. The molecule has 150 valence electrons. The highest BCUT2D eigenvalue weighted by Crippen LogP contribution is 2.26. The predicted molar refractivity (Wildman–Crippen MR) is 114 cm³/mol. The number of hydrogen-bond donors (Lipinski definition) is 1. The van der Waals surface area contributed by atoms with E-state index in [2.05, 4.69) is 10.3 Å². The van der Waals surface area contributed by atoms with Crippen LogP contribution < -0.4 is 10.9 Å². The van der Waals surface area contributed by atoms with Gasteiger partial charge >= 0.3 is 0 Å². The lowest BCUT2D eigenvalue weighted by Gasteiger charge is -2.27. The van der Waals surface area contributed by atoms with Gasteiger partial charge in [0.1, 0.15) is 5.82 Å². The molecule has 1 aliphatic rings. The number of carbonyl (C=O) groups is 1. The lowest BCUT2D eigenvalue weighted by molar-refractivity contribution is 0.0928. The molecule has 0 aliphatic carbocycles. The van der Waals surface area contributed by atoms with Crippen LogP contribution in [0.15, 0.2) is 65.8 Å². The number of aryl methyl sites for hydroxylation is 1. The molecule has 1 aromatic carbocycles. The van der Waals surface area contributed by atoms with Gasteiger partial charge in [0.15, 0.2) is 0 Å². The van der Waals surface area contributed by atoms with Crippen LogP contribution in [0.2, 0.25) is 0 Å². The van der Waals surface area contributed by atoms with Gasteiger partial charge in [-0.1, -0.05) is 18.2 Å². The molecule has 1 amide bonds. The first-order valence-electron chi connectivity index (χ1n) is 9.99. The van der Waals surface area contributed by atoms with E-state index in [9.17, 15) is 9.59 Å². The number of carbonyl (C=O) groups excluding carboxylic acids is 1. The van der Waals surface area contributed by atoms with Crippen LogP contribution in [0, 0.1) is 0 Å². The molecular formula is C23H21N5O2. The van der Waals surface area contributed by atoms with E-state index in [4.69, 9.17) is 4.98 Å². The Hall–Kier alpha value is -3.74. The van der Waals surface area contributed by atoms with Crippen molar-refractivity contribution in [3.05, 3.63) is 82.8 Å². The zero-order chi connectivity index (χ0) is 20.7. The van der Waals surface area contributed by atoms with Gasteiger partial charge < -0.3 is 9.88 Å². The number of rotatable bonds is 3. The van der Waals surface area contributed by atoms with Crippen LogP contribution in [0.1, 0.15) is 35.1 Å². The third-order valence-corrected chi connectivity index (χ3v) is 5.65. The van der Waals surface area contributed by atoms with Gasteiger partial charge in [-0.3, -0.25) is 19.1 Å². The number of amides is 1. The first kappa shape index (κ1) is 18.3. The van der Waals surface area contributed by atoms with Gasteiger partial charge in [0, 0.05) is 54.7 Å². The molecule has 1 N–H and O–H groups in total. The second-order valence-electron chi connectivity index (χ2n) is 7.56. The van der Waals surface area contributed by atoms with Crippen molar-refractivity contribution in [1.82, 2.24) is 24.4 Å². The van der Waals surface area contributed by atoms with Gasteiger partial charge in [0.25, 0.3) is 11.5 Å². The fourth-order valence-electron chi connectivity index (χ4n) is 4.16. The summed E-state index contributed by atoms with van der Waals surface area (Å²) in [5, 5.41) is 4.02. The molecule has 4 heterocycles. The van der Waals surface area contributed by atoms with E-state index >= 15 is 0 Å². The van der Waals surface area contributed by atoms with Crippen molar-refractivity contribution in [2.75, 3.05) is 0 Å².